The number of hydrogen-bond acceptors (Lipinski definition) is 6. The van der Waals surface area contributed by atoms with Crippen LogP contribution >= 0.6 is 0 Å². The average Bonchev–Trinajstić information content (AvgIpc) is 3.31. The summed E-state index contributed by atoms with van der Waals surface area (Å²) in [6.07, 6.45) is 6.60. The van der Waals surface area contributed by atoms with Crippen LogP contribution in [-0.2, 0) is 12.8 Å². The highest BCUT2D eigenvalue weighted by Gasteiger charge is 2.29. The van der Waals surface area contributed by atoms with E-state index in [0.29, 0.717) is 11.6 Å². The molecule has 7 heteroatoms. The van der Waals surface area contributed by atoms with Crippen molar-refractivity contribution >= 4 is 11.9 Å². The van der Waals surface area contributed by atoms with Crippen molar-refractivity contribution in [2.24, 2.45) is 0 Å². The Morgan fingerprint density at radius 3 is 2.92 bits per heavy atom. The Morgan fingerprint density at radius 2 is 2.17 bits per heavy atom. The molecule has 0 aliphatic heterocycles. The van der Waals surface area contributed by atoms with Gasteiger partial charge in [0.2, 0.25) is 5.95 Å². The normalized spacial score (nSPS) is 19.7. The summed E-state index contributed by atoms with van der Waals surface area (Å²) in [6, 6.07) is 1.86. The predicted molar refractivity (Wildman–Crippen MR) is 88.1 cm³/mol. The van der Waals surface area contributed by atoms with E-state index in [9.17, 15) is 4.79 Å². The van der Waals surface area contributed by atoms with E-state index in [4.69, 9.17) is 4.52 Å². The minimum atomic E-state index is -0.162. The molecule has 0 radical (unpaired) electrons. The van der Waals surface area contributed by atoms with E-state index in [1.807, 2.05) is 25.2 Å². The second kappa shape index (κ2) is 5.89. The van der Waals surface area contributed by atoms with Crippen molar-refractivity contribution in [3.8, 4) is 0 Å². The van der Waals surface area contributed by atoms with E-state index in [0.717, 1.165) is 55.1 Å². The van der Waals surface area contributed by atoms with Crippen LogP contribution in [0.4, 0.5) is 5.95 Å². The molecule has 4 rings (SSSR count). The summed E-state index contributed by atoms with van der Waals surface area (Å²) in [5.41, 5.74) is 2.56. The van der Waals surface area contributed by atoms with E-state index in [1.54, 1.807) is 6.07 Å². The third-order valence-corrected chi connectivity index (χ3v) is 4.61. The Hall–Kier alpha value is -2.44. The minimum absolute atomic E-state index is 0.0832. The van der Waals surface area contributed by atoms with Crippen molar-refractivity contribution in [2.45, 2.75) is 44.1 Å². The van der Waals surface area contributed by atoms with Crippen LogP contribution < -0.4 is 10.2 Å². The number of fused-ring (bicyclic) bond motifs is 1. The summed E-state index contributed by atoms with van der Waals surface area (Å²) in [7, 11) is 3.86. The quantitative estimate of drug-likeness (QED) is 0.920. The van der Waals surface area contributed by atoms with E-state index in [1.165, 1.54) is 0 Å². The molecule has 126 valence electrons. The Morgan fingerprint density at radius 1 is 1.33 bits per heavy atom. The number of aryl methyl sites for hydroxylation is 1. The van der Waals surface area contributed by atoms with Crippen LogP contribution in [0.15, 0.2) is 16.8 Å². The Bertz CT molecular complexity index is 766. The number of nitrogens with zero attached hydrogens (tertiary/aromatic N) is 4. The van der Waals surface area contributed by atoms with Crippen molar-refractivity contribution in [3.05, 3.63) is 35.0 Å². The van der Waals surface area contributed by atoms with Crippen LogP contribution in [0.25, 0.3) is 0 Å². The third kappa shape index (κ3) is 2.98. The molecule has 2 aliphatic rings. The van der Waals surface area contributed by atoms with Gasteiger partial charge in [-0.1, -0.05) is 5.16 Å². The fraction of sp³-hybridized carbons (Fsp3) is 0.529. The number of amides is 1. The fourth-order valence-corrected chi connectivity index (χ4v) is 3.05. The molecular formula is C17H21N5O2. The molecule has 0 saturated heterocycles. The van der Waals surface area contributed by atoms with E-state index in [2.05, 4.69) is 20.4 Å². The van der Waals surface area contributed by atoms with E-state index in [-0.39, 0.29) is 11.9 Å². The molecule has 2 aromatic rings. The third-order valence-electron chi connectivity index (χ3n) is 4.61. The van der Waals surface area contributed by atoms with Crippen molar-refractivity contribution in [3.63, 3.8) is 0 Å². The van der Waals surface area contributed by atoms with E-state index >= 15 is 0 Å². The number of aromatic nitrogens is 3. The summed E-state index contributed by atoms with van der Waals surface area (Å²) in [4.78, 5) is 23.2. The fourth-order valence-electron chi connectivity index (χ4n) is 3.05. The van der Waals surface area contributed by atoms with Crippen LogP contribution in [0, 0.1) is 0 Å². The predicted octanol–water partition coefficient (Wildman–Crippen LogP) is 1.70. The van der Waals surface area contributed by atoms with Crippen molar-refractivity contribution in [2.75, 3.05) is 19.0 Å². The SMILES string of the molecule is CN(C)c1ncc2c(n1)CC[C@H](NC(=O)c1cc(C3CC3)on1)C2. The van der Waals surface area contributed by atoms with Crippen LogP contribution in [0.2, 0.25) is 0 Å². The van der Waals surface area contributed by atoms with Gasteiger partial charge < -0.3 is 14.7 Å². The number of carbonyl (C=O) groups is 1. The zero-order chi connectivity index (χ0) is 16.7. The molecule has 1 amide bonds. The maximum atomic E-state index is 12.4. The van der Waals surface area contributed by atoms with Gasteiger partial charge in [-0.25, -0.2) is 9.97 Å². The van der Waals surface area contributed by atoms with Gasteiger partial charge in [0.25, 0.3) is 5.91 Å². The van der Waals surface area contributed by atoms with E-state index < -0.39 is 0 Å². The highest BCUT2D eigenvalue weighted by Crippen LogP contribution is 2.40. The largest absolute Gasteiger partial charge is 0.360 e. The maximum absolute atomic E-state index is 12.4. The zero-order valence-electron chi connectivity index (χ0n) is 14.0. The van der Waals surface area contributed by atoms with Gasteiger partial charge in [-0.15, -0.1) is 0 Å². The lowest BCUT2D eigenvalue weighted by molar-refractivity contribution is 0.0924. The zero-order valence-corrected chi connectivity index (χ0v) is 14.0. The first-order valence-corrected chi connectivity index (χ1v) is 8.39. The highest BCUT2D eigenvalue weighted by atomic mass is 16.5. The molecule has 0 unspecified atom stereocenters. The first kappa shape index (κ1) is 15.1. The molecule has 1 fully saturated rings. The molecule has 0 spiro atoms. The van der Waals surface area contributed by atoms with Gasteiger partial charge in [0.15, 0.2) is 5.69 Å². The van der Waals surface area contributed by atoms with Crippen LogP contribution in [0.5, 0.6) is 0 Å². The molecular weight excluding hydrogens is 306 g/mol. The summed E-state index contributed by atoms with van der Waals surface area (Å²) >= 11 is 0. The molecule has 2 aromatic heterocycles. The second-order valence-corrected chi connectivity index (χ2v) is 6.84. The summed E-state index contributed by atoms with van der Waals surface area (Å²) < 4.78 is 5.26. The molecule has 24 heavy (non-hydrogen) atoms. The number of carbonyl (C=O) groups excluding carboxylic acids is 1. The topological polar surface area (TPSA) is 84.2 Å². The summed E-state index contributed by atoms with van der Waals surface area (Å²) in [6.45, 7) is 0. The first-order valence-electron chi connectivity index (χ1n) is 8.39. The molecule has 0 bridgehead atoms. The molecule has 1 saturated carbocycles. The minimum Gasteiger partial charge on any atom is -0.360 e. The Labute approximate surface area is 140 Å². The second-order valence-electron chi connectivity index (χ2n) is 6.84. The van der Waals surface area contributed by atoms with Crippen molar-refractivity contribution in [1.29, 1.82) is 0 Å². The smallest absolute Gasteiger partial charge is 0.273 e. The lowest BCUT2D eigenvalue weighted by atomic mass is 9.93. The monoisotopic (exact) mass is 327 g/mol. The first-order chi connectivity index (χ1) is 11.6. The van der Waals surface area contributed by atoms with Gasteiger partial charge in [-0.2, -0.15) is 0 Å². The van der Waals surface area contributed by atoms with Crippen molar-refractivity contribution < 1.29 is 9.32 Å². The molecule has 2 heterocycles. The average molecular weight is 327 g/mol. The molecule has 2 aliphatic carbocycles. The lowest BCUT2D eigenvalue weighted by Gasteiger charge is -2.25. The molecule has 1 atom stereocenters. The summed E-state index contributed by atoms with van der Waals surface area (Å²) in [5, 5.41) is 6.96. The number of hydrogen-bond donors (Lipinski definition) is 1. The lowest BCUT2D eigenvalue weighted by Crippen LogP contribution is -2.39. The number of anilines is 1. The van der Waals surface area contributed by atoms with Crippen LogP contribution in [0.1, 0.15) is 52.7 Å². The standard InChI is InChI=1S/C17H21N5O2/c1-22(2)17-18-9-11-7-12(5-6-13(11)20-17)19-16(23)14-8-15(24-21-14)10-3-4-10/h8-10,12H,3-7H2,1-2H3,(H,19,23)/t12-/m0/s1. The van der Waals surface area contributed by atoms with Gasteiger partial charge >= 0.3 is 0 Å². The van der Waals surface area contributed by atoms with Crippen molar-refractivity contribution in [1.82, 2.24) is 20.4 Å². The number of rotatable bonds is 4. The van der Waals surface area contributed by atoms with Gasteiger partial charge in [0.1, 0.15) is 5.76 Å². The summed E-state index contributed by atoms with van der Waals surface area (Å²) in [5.74, 6) is 1.86. The highest BCUT2D eigenvalue weighted by molar-refractivity contribution is 5.92. The Balaban J connectivity index is 1.41. The molecule has 7 nitrogen and oxygen atoms in total. The number of nitrogens with one attached hydrogen (secondary N) is 1. The van der Waals surface area contributed by atoms with Gasteiger partial charge in [0.05, 0.1) is 0 Å². The molecule has 1 N–H and O–H groups in total. The van der Waals surface area contributed by atoms with Gasteiger partial charge in [0, 0.05) is 44.0 Å². The van der Waals surface area contributed by atoms with Gasteiger partial charge in [-0.3, -0.25) is 4.79 Å². The van der Waals surface area contributed by atoms with Gasteiger partial charge in [-0.05, 0) is 37.7 Å². The Kier molecular flexibility index (Phi) is 3.70. The maximum Gasteiger partial charge on any atom is 0.273 e. The van der Waals surface area contributed by atoms with Crippen LogP contribution in [0.3, 0.4) is 0 Å². The molecule has 0 aromatic carbocycles. The van der Waals surface area contributed by atoms with Crippen LogP contribution in [-0.4, -0.2) is 41.2 Å².